The van der Waals surface area contributed by atoms with Crippen LogP contribution in [-0.2, 0) is 20.9 Å². The van der Waals surface area contributed by atoms with Gasteiger partial charge in [0, 0.05) is 25.9 Å². The molecule has 2 fully saturated rings. The summed E-state index contributed by atoms with van der Waals surface area (Å²) in [6.07, 6.45) is 3.66. The molecule has 26 heavy (non-hydrogen) atoms. The Morgan fingerprint density at radius 3 is 2.42 bits per heavy atom. The molecule has 1 N–H and O–H groups in total. The summed E-state index contributed by atoms with van der Waals surface area (Å²) in [5.74, 6) is 0.184. The second-order valence-corrected chi connectivity index (χ2v) is 7.09. The first-order chi connectivity index (χ1) is 12.6. The number of ether oxygens (including phenoxy) is 1. The van der Waals surface area contributed by atoms with Gasteiger partial charge in [0.2, 0.25) is 5.91 Å². The number of alkyl carbamates (subject to hydrolysis) is 1. The van der Waals surface area contributed by atoms with Crippen molar-refractivity contribution in [1.29, 1.82) is 0 Å². The van der Waals surface area contributed by atoms with Gasteiger partial charge in [-0.15, -0.1) is 0 Å². The third-order valence-corrected chi connectivity index (χ3v) is 5.23. The Hall–Kier alpha value is -2.37. The van der Waals surface area contributed by atoms with Crippen LogP contribution < -0.4 is 5.32 Å². The molecule has 0 radical (unpaired) electrons. The number of rotatable bonds is 5. The average Bonchev–Trinajstić information content (AvgIpc) is 3.20. The summed E-state index contributed by atoms with van der Waals surface area (Å²) >= 11 is 0. The number of hydrogen-bond donors (Lipinski definition) is 1. The van der Waals surface area contributed by atoms with Crippen LogP contribution in [0.1, 0.15) is 44.1 Å². The molecule has 2 aliphatic rings. The highest BCUT2D eigenvalue weighted by Gasteiger charge is 2.36. The maximum absolute atomic E-state index is 12.9. The van der Waals surface area contributed by atoms with E-state index in [4.69, 9.17) is 4.74 Å². The Kier molecular flexibility index (Phi) is 6.26. The Bertz CT molecular complexity index is 630. The molecule has 1 saturated heterocycles. The number of carbonyl (C=O) groups is 3. The Balaban J connectivity index is 1.61. The van der Waals surface area contributed by atoms with Crippen LogP contribution in [-0.4, -0.2) is 41.8 Å². The second-order valence-electron chi connectivity index (χ2n) is 7.09. The first kappa shape index (κ1) is 18.4. The number of carbonyl (C=O) groups excluding carboxylic acids is 3. The lowest BCUT2D eigenvalue weighted by Crippen LogP contribution is -2.52. The fraction of sp³-hybridized carbons (Fsp3) is 0.550. The van der Waals surface area contributed by atoms with Crippen LogP contribution in [0.2, 0.25) is 0 Å². The molecule has 1 saturated carbocycles. The van der Waals surface area contributed by atoms with E-state index in [1.807, 2.05) is 35.2 Å². The highest BCUT2D eigenvalue weighted by molar-refractivity contribution is 5.87. The van der Waals surface area contributed by atoms with E-state index in [1.54, 1.807) is 0 Å². The molecule has 1 aliphatic heterocycles. The number of likely N-dealkylation sites (tertiary alicyclic amines) is 1. The molecule has 0 aromatic heterocycles. The molecule has 1 aliphatic carbocycles. The molecule has 2 amide bonds. The zero-order valence-electron chi connectivity index (χ0n) is 15.0. The van der Waals surface area contributed by atoms with Crippen LogP contribution in [0.3, 0.4) is 0 Å². The first-order valence-corrected chi connectivity index (χ1v) is 9.41. The van der Waals surface area contributed by atoms with E-state index in [0.717, 1.165) is 31.5 Å². The van der Waals surface area contributed by atoms with E-state index in [-0.39, 0.29) is 24.2 Å². The van der Waals surface area contributed by atoms with Gasteiger partial charge in [0.1, 0.15) is 18.4 Å². The minimum Gasteiger partial charge on any atom is -0.445 e. The molecule has 0 spiro atoms. The van der Waals surface area contributed by atoms with Crippen molar-refractivity contribution < 1.29 is 19.1 Å². The van der Waals surface area contributed by atoms with Crippen LogP contribution in [0.15, 0.2) is 30.3 Å². The fourth-order valence-corrected chi connectivity index (χ4v) is 3.70. The van der Waals surface area contributed by atoms with Gasteiger partial charge in [-0.05, 0) is 37.2 Å². The van der Waals surface area contributed by atoms with Gasteiger partial charge in [0.15, 0.2) is 0 Å². The van der Waals surface area contributed by atoms with Crippen LogP contribution in [0.25, 0.3) is 0 Å². The van der Waals surface area contributed by atoms with Crippen molar-refractivity contribution >= 4 is 17.8 Å². The van der Waals surface area contributed by atoms with Gasteiger partial charge >= 0.3 is 6.09 Å². The standard InChI is InChI=1S/C20H26N2O4/c23-17-10-8-16(9-11-17)18(19(24)22-12-4-5-13-22)21-20(25)26-14-15-6-2-1-3-7-15/h1-3,6-7,16,18H,4-5,8-14H2,(H,21,25). The lowest BCUT2D eigenvalue weighted by molar-refractivity contribution is -0.135. The Labute approximate surface area is 153 Å². The summed E-state index contributed by atoms with van der Waals surface area (Å²) in [6.45, 7) is 1.64. The highest BCUT2D eigenvalue weighted by atomic mass is 16.5. The molecule has 6 nitrogen and oxygen atoms in total. The summed E-state index contributed by atoms with van der Waals surface area (Å²) in [4.78, 5) is 38.5. The van der Waals surface area contributed by atoms with Crippen LogP contribution >= 0.6 is 0 Å². The van der Waals surface area contributed by atoms with E-state index in [9.17, 15) is 14.4 Å². The zero-order chi connectivity index (χ0) is 18.4. The average molecular weight is 358 g/mol. The van der Waals surface area contributed by atoms with E-state index >= 15 is 0 Å². The number of nitrogens with one attached hydrogen (secondary N) is 1. The minimum atomic E-state index is -0.607. The van der Waals surface area contributed by atoms with E-state index in [1.165, 1.54) is 0 Å². The summed E-state index contributed by atoms with van der Waals surface area (Å²) in [5, 5.41) is 2.78. The SMILES string of the molecule is O=C1CCC(C(NC(=O)OCc2ccccc2)C(=O)N2CCCC2)CC1. The van der Waals surface area contributed by atoms with Crippen molar-refractivity contribution in [3.63, 3.8) is 0 Å². The lowest BCUT2D eigenvalue weighted by atomic mass is 9.82. The smallest absolute Gasteiger partial charge is 0.408 e. The zero-order valence-corrected chi connectivity index (χ0v) is 15.0. The first-order valence-electron chi connectivity index (χ1n) is 9.41. The van der Waals surface area contributed by atoms with Crippen molar-refractivity contribution in [1.82, 2.24) is 10.2 Å². The van der Waals surface area contributed by atoms with Gasteiger partial charge in [0.25, 0.3) is 0 Å². The number of hydrogen-bond acceptors (Lipinski definition) is 4. The summed E-state index contributed by atoms with van der Waals surface area (Å²) in [7, 11) is 0. The quantitative estimate of drug-likeness (QED) is 0.878. The Morgan fingerprint density at radius 1 is 1.12 bits per heavy atom. The second kappa shape index (κ2) is 8.83. The number of amides is 2. The van der Waals surface area contributed by atoms with Crippen LogP contribution in [0.4, 0.5) is 4.79 Å². The van der Waals surface area contributed by atoms with Crippen molar-refractivity contribution in [3.05, 3.63) is 35.9 Å². The molecule has 1 aromatic rings. The number of nitrogens with zero attached hydrogens (tertiary/aromatic N) is 1. The molecule has 1 atom stereocenters. The topological polar surface area (TPSA) is 75.7 Å². The molecular formula is C20H26N2O4. The van der Waals surface area contributed by atoms with E-state index in [0.29, 0.717) is 25.7 Å². The van der Waals surface area contributed by atoms with E-state index < -0.39 is 12.1 Å². The normalized spacial score (nSPS) is 19.2. The Morgan fingerprint density at radius 2 is 1.77 bits per heavy atom. The van der Waals surface area contributed by atoms with Gasteiger partial charge in [-0.2, -0.15) is 0 Å². The predicted octanol–water partition coefficient (Wildman–Crippen LogP) is 2.66. The predicted molar refractivity (Wildman–Crippen MR) is 96.3 cm³/mol. The highest BCUT2D eigenvalue weighted by Crippen LogP contribution is 2.26. The minimum absolute atomic E-state index is 0.00919. The third-order valence-electron chi connectivity index (χ3n) is 5.23. The fourth-order valence-electron chi connectivity index (χ4n) is 3.70. The lowest BCUT2D eigenvalue weighted by Gasteiger charge is -2.32. The van der Waals surface area contributed by atoms with Crippen molar-refractivity contribution in [3.8, 4) is 0 Å². The molecule has 3 rings (SSSR count). The van der Waals surface area contributed by atoms with Gasteiger partial charge < -0.3 is 15.0 Å². The van der Waals surface area contributed by atoms with Crippen molar-refractivity contribution in [2.24, 2.45) is 5.92 Å². The van der Waals surface area contributed by atoms with Crippen molar-refractivity contribution in [2.75, 3.05) is 13.1 Å². The van der Waals surface area contributed by atoms with Gasteiger partial charge in [-0.1, -0.05) is 30.3 Å². The largest absolute Gasteiger partial charge is 0.445 e. The maximum atomic E-state index is 12.9. The van der Waals surface area contributed by atoms with Crippen LogP contribution in [0.5, 0.6) is 0 Å². The summed E-state index contributed by atoms with van der Waals surface area (Å²) < 4.78 is 5.30. The van der Waals surface area contributed by atoms with E-state index in [2.05, 4.69) is 5.32 Å². The number of benzene rings is 1. The van der Waals surface area contributed by atoms with Gasteiger partial charge in [-0.25, -0.2) is 4.79 Å². The van der Waals surface area contributed by atoms with Gasteiger partial charge in [-0.3, -0.25) is 9.59 Å². The molecular weight excluding hydrogens is 332 g/mol. The molecule has 1 unspecified atom stereocenters. The summed E-state index contributed by atoms with van der Waals surface area (Å²) in [6, 6.07) is 8.83. The molecule has 6 heteroatoms. The summed E-state index contributed by atoms with van der Waals surface area (Å²) in [5.41, 5.74) is 0.897. The monoisotopic (exact) mass is 358 g/mol. The molecule has 1 heterocycles. The molecule has 140 valence electrons. The third kappa shape index (κ3) is 4.84. The molecule has 1 aromatic carbocycles. The number of ketones is 1. The van der Waals surface area contributed by atoms with Gasteiger partial charge in [0.05, 0.1) is 0 Å². The maximum Gasteiger partial charge on any atom is 0.408 e. The van der Waals surface area contributed by atoms with Crippen molar-refractivity contribution in [2.45, 2.75) is 51.2 Å². The number of Topliss-reactive ketones (excluding diaryl/α,β-unsaturated/α-hetero) is 1. The molecule has 0 bridgehead atoms. The van der Waals surface area contributed by atoms with Crippen LogP contribution in [0, 0.1) is 5.92 Å².